The van der Waals surface area contributed by atoms with Crippen LogP contribution in [0.1, 0.15) is 16.8 Å². The lowest BCUT2D eigenvalue weighted by Gasteiger charge is -2.13. The third-order valence-electron chi connectivity index (χ3n) is 5.34. The van der Waals surface area contributed by atoms with Crippen LogP contribution in [0.25, 0.3) is 10.8 Å². The summed E-state index contributed by atoms with van der Waals surface area (Å²) in [5.74, 6) is 1.66. The first-order valence-electron chi connectivity index (χ1n) is 11.2. The van der Waals surface area contributed by atoms with Gasteiger partial charge in [-0.25, -0.2) is 0 Å². The van der Waals surface area contributed by atoms with Gasteiger partial charge in [0.2, 0.25) is 0 Å². The smallest absolute Gasteiger partial charge is 0.276 e. The molecule has 0 aliphatic heterocycles. The lowest BCUT2D eigenvalue weighted by atomic mass is 10.1. The first-order chi connectivity index (χ1) is 16.8. The van der Waals surface area contributed by atoms with Gasteiger partial charge < -0.3 is 14.2 Å². The van der Waals surface area contributed by atoms with E-state index in [1.807, 2.05) is 97.1 Å². The summed E-state index contributed by atoms with van der Waals surface area (Å²) in [6.45, 7) is 1.05. The highest BCUT2D eigenvalue weighted by Crippen LogP contribution is 2.27. The predicted octanol–water partition coefficient (Wildman–Crippen LogP) is 6.37. The molecule has 0 fully saturated rings. The number of nitrogens with zero attached hydrogens (tertiary/aromatic N) is 2. The van der Waals surface area contributed by atoms with Gasteiger partial charge in [-0.15, -0.1) is 10.2 Å². The quantitative estimate of drug-likeness (QED) is 0.262. The van der Waals surface area contributed by atoms with Gasteiger partial charge in [-0.05, 0) is 34.0 Å². The Labute approximate surface area is 198 Å². The monoisotopic (exact) mass is 448 g/mol. The van der Waals surface area contributed by atoms with Gasteiger partial charge in [-0.3, -0.25) is 0 Å². The van der Waals surface area contributed by atoms with Crippen molar-refractivity contribution in [3.8, 4) is 17.4 Å². The molecule has 34 heavy (non-hydrogen) atoms. The summed E-state index contributed by atoms with van der Waals surface area (Å²) in [6, 6.07) is 36.0. The summed E-state index contributed by atoms with van der Waals surface area (Å²) < 4.78 is 18.0. The van der Waals surface area contributed by atoms with E-state index < -0.39 is 0 Å². The first-order valence-corrected chi connectivity index (χ1v) is 11.2. The van der Waals surface area contributed by atoms with Gasteiger partial charge in [-0.1, -0.05) is 91.0 Å². The molecule has 0 bridgehead atoms. The lowest BCUT2D eigenvalue weighted by Crippen LogP contribution is -2.06. The number of hydrogen-bond donors (Lipinski definition) is 0. The minimum Gasteiger partial charge on any atom is -0.487 e. The van der Waals surface area contributed by atoms with Crippen LogP contribution in [0.2, 0.25) is 0 Å². The van der Waals surface area contributed by atoms with E-state index in [-0.39, 0.29) is 6.61 Å². The maximum Gasteiger partial charge on any atom is 0.276 e. The maximum atomic E-state index is 6.08. The Morgan fingerprint density at radius 2 is 1.15 bits per heavy atom. The molecule has 0 aliphatic carbocycles. The third kappa shape index (κ3) is 5.51. The molecule has 0 N–H and O–H groups in total. The highest BCUT2D eigenvalue weighted by molar-refractivity contribution is 5.83. The molecule has 0 radical (unpaired) electrons. The van der Waals surface area contributed by atoms with Crippen molar-refractivity contribution in [2.75, 3.05) is 0 Å². The second-order valence-corrected chi connectivity index (χ2v) is 7.85. The van der Waals surface area contributed by atoms with Crippen LogP contribution in [0, 0.1) is 0 Å². The minimum atomic E-state index is 0.270. The Morgan fingerprint density at radius 1 is 0.500 bits per heavy atom. The average Bonchev–Trinajstić information content (AvgIpc) is 2.91. The minimum absolute atomic E-state index is 0.270. The number of benzene rings is 4. The summed E-state index contributed by atoms with van der Waals surface area (Å²) in [5, 5.41) is 10.9. The zero-order valence-corrected chi connectivity index (χ0v) is 18.6. The van der Waals surface area contributed by atoms with Crippen LogP contribution >= 0.6 is 0 Å². The Morgan fingerprint density at radius 3 is 1.88 bits per heavy atom. The highest BCUT2D eigenvalue weighted by Gasteiger charge is 2.12. The molecule has 0 spiro atoms. The molecular weight excluding hydrogens is 424 g/mol. The summed E-state index contributed by atoms with van der Waals surface area (Å²) in [7, 11) is 0. The fraction of sp³-hybridized carbons (Fsp3) is 0.103. The molecule has 168 valence electrons. The van der Waals surface area contributed by atoms with Crippen LogP contribution in [0.5, 0.6) is 17.4 Å². The second-order valence-electron chi connectivity index (χ2n) is 7.85. The summed E-state index contributed by atoms with van der Waals surface area (Å²) >= 11 is 0. The molecule has 0 saturated heterocycles. The molecule has 4 aromatic carbocycles. The van der Waals surface area contributed by atoms with Crippen LogP contribution in [0.3, 0.4) is 0 Å². The zero-order valence-electron chi connectivity index (χ0n) is 18.6. The molecule has 5 nitrogen and oxygen atoms in total. The van der Waals surface area contributed by atoms with Crippen LogP contribution in [-0.4, -0.2) is 10.2 Å². The lowest BCUT2D eigenvalue weighted by molar-refractivity contribution is 0.240. The molecule has 5 aromatic rings. The van der Waals surface area contributed by atoms with E-state index in [2.05, 4.69) is 22.3 Å². The van der Waals surface area contributed by atoms with E-state index in [4.69, 9.17) is 14.2 Å². The van der Waals surface area contributed by atoms with Crippen molar-refractivity contribution in [1.29, 1.82) is 0 Å². The van der Waals surface area contributed by atoms with E-state index in [1.165, 1.54) is 5.39 Å². The first kappa shape index (κ1) is 21.5. The van der Waals surface area contributed by atoms with Crippen molar-refractivity contribution in [2.45, 2.75) is 19.8 Å². The molecule has 1 heterocycles. The molecule has 5 rings (SSSR count). The van der Waals surface area contributed by atoms with Crippen molar-refractivity contribution in [1.82, 2.24) is 10.2 Å². The highest BCUT2D eigenvalue weighted by atomic mass is 16.5. The molecule has 0 saturated carbocycles. The largest absolute Gasteiger partial charge is 0.487 e. The molecular formula is C29H24N2O3. The fourth-order valence-electron chi connectivity index (χ4n) is 3.55. The molecule has 1 aromatic heterocycles. The van der Waals surface area contributed by atoms with E-state index >= 15 is 0 Å². The number of aromatic nitrogens is 2. The fourth-order valence-corrected chi connectivity index (χ4v) is 3.55. The number of hydrogen-bond acceptors (Lipinski definition) is 5. The molecule has 0 atom stereocenters. The van der Waals surface area contributed by atoms with Gasteiger partial charge in [0, 0.05) is 6.07 Å². The third-order valence-corrected chi connectivity index (χ3v) is 5.34. The zero-order chi connectivity index (χ0) is 23.0. The van der Waals surface area contributed by atoms with Gasteiger partial charge in [0.1, 0.15) is 31.3 Å². The van der Waals surface area contributed by atoms with Gasteiger partial charge >= 0.3 is 0 Å². The number of rotatable bonds is 9. The Kier molecular flexibility index (Phi) is 6.62. The van der Waals surface area contributed by atoms with Crippen LogP contribution < -0.4 is 14.2 Å². The summed E-state index contributed by atoms with van der Waals surface area (Å²) in [5.41, 5.74) is 2.76. The molecule has 0 unspecified atom stereocenters. The Hall–Kier alpha value is -4.38. The van der Waals surface area contributed by atoms with Crippen molar-refractivity contribution >= 4 is 10.8 Å². The van der Waals surface area contributed by atoms with Gasteiger partial charge in [0.15, 0.2) is 5.75 Å². The molecule has 0 amide bonds. The van der Waals surface area contributed by atoms with E-state index in [0.29, 0.717) is 30.5 Å². The number of ether oxygens (including phenoxy) is 3. The van der Waals surface area contributed by atoms with Crippen molar-refractivity contribution in [3.63, 3.8) is 0 Å². The van der Waals surface area contributed by atoms with E-state index in [0.717, 1.165) is 22.3 Å². The van der Waals surface area contributed by atoms with Gasteiger partial charge in [0.25, 0.3) is 5.88 Å². The van der Waals surface area contributed by atoms with Crippen molar-refractivity contribution in [3.05, 3.63) is 126 Å². The predicted molar refractivity (Wildman–Crippen MR) is 132 cm³/mol. The van der Waals surface area contributed by atoms with Crippen LogP contribution in [0.4, 0.5) is 0 Å². The standard InChI is InChI=1S/C29H24N2O3/c1-3-9-22(10-4-1)19-33-28-18-26(30-31-29(28)34-20-23-11-5-2-6-12-23)21-32-27-16-15-24-13-7-8-14-25(24)17-27/h1-18H,19-21H2. The Bertz CT molecular complexity index is 1360. The normalized spacial score (nSPS) is 10.7. The van der Waals surface area contributed by atoms with Gasteiger partial charge in [-0.2, -0.15) is 0 Å². The van der Waals surface area contributed by atoms with E-state index in [9.17, 15) is 0 Å². The average molecular weight is 449 g/mol. The summed E-state index contributed by atoms with van der Waals surface area (Å²) in [6.07, 6.45) is 0. The van der Waals surface area contributed by atoms with Crippen LogP contribution in [0.15, 0.2) is 109 Å². The second kappa shape index (κ2) is 10.5. The van der Waals surface area contributed by atoms with E-state index in [1.54, 1.807) is 0 Å². The van der Waals surface area contributed by atoms with Crippen LogP contribution in [-0.2, 0) is 19.8 Å². The van der Waals surface area contributed by atoms with Crippen molar-refractivity contribution < 1.29 is 14.2 Å². The number of fused-ring (bicyclic) bond motifs is 1. The van der Waals surface area contributed by atoms with Gasteiger partial charge in [0.05, 0.1) is 0 Å². The van der Waals surface area contributed by atoms with Crippen molar-refractivity contribution in [2.24, 2.45) is 0 Å². The molecule has 0 aliphatic rings. The topological polar surface area (TPSA) is 53.5 Å². The maximum absolute atomic E-state index is 6.08. The summed E-state index contributed by atoms with van der Waals surface area (Å²) in [4.78, 5) is 0. The SMILES string of the molecule is c1ccc(COc2cc(COc3ccc4ccccc4c3)nnc2OCc2ccccc2)cc1. The Balaban J connectivity index is 1.31. The molecule has 5 heteroatoms.